The first kappa shape index (κ1) is 10.7. The van der Waals surface area contributed by atoms with Crippen molar-refractivity contribution in [3.8, 4) is 6.07 Å². The zero-order chi connectivity index (χ0) is 10.6. The monoisotopic (exact) mass is 193 g/mol. The van der Waals surface area contributed by atoms with Crippen LogP contribution in [0.3, 0.4) is 0 Å². The highest BCUT2D eigenvalue weighted by atomic mass is 19.1. The molecule has 0 aliphatic carbocycles. The lowest BCUT2D eigenvalue weighted by Gasteiger charge is -2.14. The fourth-order valence-electron chi connectivity index (χ4n) is 1.31. The normalized spacial score (nSPS) is 14.4. The first-order chi connectivity index (χ1) is 6.69. The Hall–Kier alpha value is -1.40. The zero-order valence-electron chi connectivity index (χ0n) is 7.94. The van der Waals surface area contributed by atoms with Crippen LogP contribution >= 0.6 is 0 Å². The van der Waals surface area contributed by atoms with Crippen LogP contribution in [0, 0.1) is 23.1 Å². The van der Waals surface area contributed by atoms with E-state index in [1.807, 2.05) is 13.0 Å². The molecule has 0 spiro atoms. The molecule has 0 aromatic heterocycles. The average Bonchev–Trinajstić information content (AvgIpc) is 2.19. The molecule has 1 rings (SSSR count). The maximum atomic E-state index is 12.8. The summed E-state index contributed by atoms with van der Waals surface area (Å²) in [4.78, 5) is 0. The van der Waals surface area contributed by atoms with E-state index in [4.69, 9.17) is 5.26 Å². The van der Waals surface area contributed by atoms with Gasteiger partial charge in [-0.1, -0.05) is 19.1 Å². The van der Waals surface area contributed by atoms with Gasteiger partial charge in [-0.05, 0) is 24.1 Å². The van der Waals surface area contributed by atoms with Crippen molar-refractivity contribution >= 4 is 0 Å². The van der Waals surface area contributed by atoms with E-state index >= 15 is 0 Å². The van der Waals surface area contributed by atoms with Gasteiger partial charge in [0.25, 0.3) is 0 Å². The first-order valence-electron chi connectivity index (χ1n) is 4.52. The third-order valence-electron chi connectivity index (χ3n) is 2.18. The maximum Gasteiger partial charge on any atom is 0.123 e. The molecule has 0 saturated heterocycles. The van der Waals surface area contributed by atoms with Gasteiger partial charge in [0, 0.05) is 0 Å². The Morgan fingerprint density at radius 1 is 1.57 bits per heavy atom. The van der Waals surface area contributed by atoms with Gasteiger partial charge in [0.15, 0.2) is 0 Å². The van der Waals surface area contributed by atoms with Crippen LogP contribution in [0.1, 0.15) is 25.0 Å². The lowest BCUT2D eigenvalue weighted by Crippen LogP contribution is -2.09. The summed E-state index contributed by atoms with van der Waals surface area (Å²) in [7, 11) is 0. The van der Waals surface area contributed by atoms with Crippen molar-refractivity contribution in [1.82, 2.24) is 0 Å². The highest BCUT2D eigenvalue weighted by molar-refractivity contribution is 5.20. The molecule has 1 N–H and O–H groups in total. The largest absolute Gasteiger partial charge is 0.387 e. The standard InChI is InChI=1S/C11H12FNO/c1-2-8(7-13)11(14)9-4-3-5-10(12)6-9/h3-6,8,11,14H,2H2,1H3. The van der Waals surface area contributed by atoms with E-state index in [2.05, 4.69) is 0 Å². The molecule has 3 heteroatoms. The van der Waals surface area contributed by atoms with Crippen LogP contribution in [0.5, 0.6) is 0 Å². The number of nitriles is 1. The lowest BCUT2D eigenvalue weighted by atomic mass is 9.95. The van der Waals surface area contributed by atoms with Crippen LogP contribution in [-0.4, -0.2) is 5.11 Å². The van der Waals surface area contributed by atoms with E-state index in [1.165, 1.54) is 18.2 Å². The van der Waals surface area contributed by atoms with Crippen LogP contribution in [0.2, 0.25) is 0 Å². The molecule has 0 aliphatic heterocycles. The molecule has 0 aliphatic rings. The number of halogens is 1. The number of aliphatic hydroxyl groups is 1. The zero-order valence-corrected chi connectivity index (χ0v) is 7.94. The van der Waals surface area contributed by atoms with Crippen LogP contribution in [-0.2, 0) is 0 Å². The van der Waals surface area contributed by atoms with Crippen molar-refractivity contribution in [1.29, 1.82) is 5.26 Å². The van der Waals surface area contributed by atoms with Gasteiger partial charge in [0.1, 0.15) is 5.82 Å². The van der Waals surface area contributed by atoms with Crippen molar-refractivity contribution < 1.29 is 9.50 Å². The smallest absolute Gasteiger partial charge is 0.123 e. The van der Waals surface area contributed by atoms with Crippen LogP contribution in [0.4, 0.5) is 4.39 Å². The minimum absolute atomic E-state index is 0.394. The van der Waals surface area contributed by atoms with Gasteiger partial charge in [-0.25, -0.2) is 4.39 Å². The molecule has 0 fully saturated rings. The fraction of sp³-hybridized carbons (Fsp3) is 0.364. The Kier molecular flexibility index (Phi) is 3.61. The minimum atomic E-state index is -0.902. The molecule has 0 saturated carbocycles. The van der Waals surface area contributed by atoms with Crippen molar-refractivity contribution in [2.24, 2.45) is 5.92 Å². The van der Waals surface area contributed by atoms with Gasteiger partial charge < -0.3 is 5.11 Å². The molecule has 74 valence electrons. The second-order valence-electron chi connectivity index (χ2n) is 3.14. The number of hydrogen-bond donors (Lipinski definition) is 1. The van der Waals surface area contributed by atoms with Gasteiger partial charge in [-0.2, -0.15) is 5.26 Å². The van der Waals surface area contributed by atoms with Crippen molar-refractivity contribution in [3.05, 3.63) is 35.6 Å². The third-order valence-corrected chi connectivity index (χ3v) is 2.18. The highest BCUT2D eigenvalue weighted by Crippen LogP contribution is 2.24. The van der Waals surface area contributed by atoms with Gasteiger partial charge in [-0.15, -0.1) is 0 Å². The average molecular weight is 193 g/mol. The Labute approximate surface area is 82.6 Å². The summed E-state index contributed by atoms with van der Waals surface area (Å²) in [5.74, 6) is -0.869. The molecule has 2 atom stereocenters. The number of benzene rings is 1. The minimum Gasteiger partial charge on any atom is -0.387 e. The van der Waals surface area contributed by atoms with Gasteiger partial charge in [-0.3, -0.25) is 0 Å². The van der Waals surface area contributed by atoms with Crippen molar-refractivity contribution in [2.45, 2.75) is 19.4 Å². The second kappa shape index (κ2) is 4.73. The summed E-state index contributed by atoms with van der Waals surface area (Å²) in [5, 5.41) is 18.4. The molecular weight excluding hydrogens is 181 g/mol. The summed E-state index contributed by atoms with van der Waals surface area (Å²) >= 11 is 0. The molecule has 0 heterocycles. The fourth-order valence-corrected chi connectivity index (χ4v) is 1.31. The molecule has 0 radical (unpaired) electrons. The summed E-state index contributed by atoms with van der Waals surface area (Å²) in [6.45, 7) is 1.82. The van der Waals surface area contributed by atoms with Crippen LogP contribution in [0.15, 0.2) is 24.3 Å². The van der Waals surface area contributed by atoms with E-state index in [9.17, 15) is 9.50 Å². The topological polar surface area (TPSA) is 44.0 Å². The number of rotatable bonds is 3. The molecule has 1 aromatic rings. The molecule has 2 nitrogen and oxygen atoms in total. The quantitative estimate of drug-likeness (QED) is 0.801. The molecule has 0 amide bonds. The van der Waals surface area contributed by atoms with Crippen molar-refractivity contribution in [2.75, 3.05) is 0 Å². The van der Waals surface area contributed by atoms with E-state index < -0.39 is 17.8 Å². The Bertz CT molecular complexity index is 345. The van der Waals surface area contributed by atoms with E-state index in [0.717, 1.165) is 0 Å². The van der Waals surface area contributed by atoms with Crippen LogP contribution < -0.4 is 0 Å². The molecule has 14 heavy (non-hydrogen) atoms. The van der Waals surface area contributed by atoms with Crippen LogP contribution in [0.25, 0.3) is 0 Å². The Morgan fingerprint density at radius 2 is 2.29 bits per heavy atom. The van der Waals surface area contributed by atoms with Crippen molar-refractivity contribution in [3.63, 3.8) is 0 Å². The Morgan fingerprint density at radius 3 is 2.79 bits per heavy atom. The summed E-state index contributed by atoms with van der Waals surface area (Å²) < 4.78 is 12.8. The molecule has 2 unspecified atom stereocenters. The Balaban J connectivity index is 2.89. The number of aliphatic hydroxyl groups excluding tert-OH is 1. The third kappa shape index (κ3) is 2.30. The molecule has 0 bridgehead atoms. The lowest BCUT2D eigenvalue weighted by molar-refractivity contribution is 0.132. The van der Waals surface area contributed by atoms with Gasteiger partial charge in [0.2, 0.25) is 0 Å². The summed E-state index contributed by atoms with van der Waals surface area (Å²) in [6.07, 6.45) is -0.352. The predicted octanol–water partition coefficient (Wildman–Crippen LogP) is 2.41. The number of hydrogen-bond acceptors (Lipinski definition) is 2. The SMILES string of the molecule is CCC(C#N)C(O)c1cccc(F)c1. The number of nitrogens with zero attached hydrogens (tertiary/aromatic N) is 1. The predicted molar refractivity (Wildman–Crippen MR) is 50.8 cm³/mol. The first-order valence-corrected chi connectivity index (χ1v) is 4.52. The van der Waals surface area contributed by atoms with Gasteiger partial charge >= 0.3 is 0 Å². The summed E-state index contributed by atoms with van der Waals surface area (Å²) in [5.41, 5.74) is 0.457. The second-order valence-corrected chi connectivity index (χ2v) is 3.14. The molecule has 1 aromatic carbocycles. The maximum absolute atomic E-state index is 12.8. The van der Waals surface area contributed by atoms with E-state index in [0.29, 0.717) is 12.0 Å². The van der Waals surface area contributed by atoms with E-state index in [-0.39, 0.29) is 0 Å². The van der Waals surface area contributed by atoms with E-state index in [1.54, 1.807) is 6.07 Å². The highest BCUT2D eigenvalue weighted by Gasteiger charge is 2.18. The van der Waals surface area contributed by atoms with Gasteiger partial charge in [0.05, 0.1) is 18.1 Å². The summed E-state index contributed by atoms with van der Waals surface area (Å²) in [6, 6.07) is 7.71. The molecular formula is C11H12FNO.